The predicted molar refractivity (Wildman–Crippen MR) is 81.8 cm³/mol. The molecule has 1 nitrogen and oxygen atoms in total. The monoisotopic (exact) mass is 425 g/mol. The van der Waals surface area contributed by atoms with Gasteiger partial charge in [0.2, 0.25) is 0 Å². The summed E-state index contributed by atoms with van der Waals surface area (Å²) in [4.78, 5) is 0. The third kappa shape index (κ3) is 3.49. The van der Waals surface area contributed by atoms with Gasteiger partial charge < -0.3 is 5.73 Å². The first-order valence-corrected chi connectivity index (χ1v) is 7.75. The van der Waals surface area contributed by atoms with Crippen molar-refractivity contribution in [2.75, 3.05) is 0 Å². The van der Waals surface area contributed by atoms with E-state index in [0.29, 0.717) is 12.0 Å². The molecule has 2 N–H and O–H groups in total. The summed E-state index contributed by atoms with van der Waals surface area (Å²) in [5, 5.41) is 2.03. The van der Waals surface area contributed by atoms with Crippen LogP contribution in [0.15, 0.2) is 34.1 Å². The summed E-state index contributed by atoms with van der Waals surface area (Å²) in [6.07, 6.45) is 0.520. The van der Waals surface area contributed by atoms with Crippen molar-refractivity contribution in [2.45, 2.75) is 12.5 Å². The smallest absolute Gasteiger partial charge is 0.127 e. The lowest BCUT2D eigenvalue weighted by Gasteiger charge is -2.10. The Labute approximate surface area is 125 Å². The van der Waals surface area contributed by atoms with E-state index >= 15 is 0 Å². The number of nitrogens with two attached hydrogens (primary N) is 1. The van der Waals surface area contributed by atoms with E-state index in [9.17, 15) is 4.39 Å². The van der Waals surface area contributed by atoms with E-state index < -0.39 is 0 Å². The largest absolute Gasteiger partial charge is 0.324 e. The Kier molecular flexibility index (Phi) is 4.57. The zero-order chi connectivity index (χ0) is 12.4. The highest BCUT2D eigenvalue weighted by molar-refractivity contribution is 14.1. The van der Waals surface area contributed by atoms with Crippen LogP contribution in [0.5, 0.6) is 0 Å². The molecule has 90 valence electrons. The minimum Gasteiger partial charge on any atom is -0.324 e. The molecule has 0 fully saturated rings. The fraction of sp³-hybridized carbons (Fsp3) is 0.167. The molecule has 2 aromatic rings. The summed E-state index contributed by atoms with van der Waals surface area (Å²) in [6, 6.07) is 6.98. The lowest BCUT2D eigenvalue weighted by Crippen LogP contribution is -2.13. The molecule has 0 spiro atoms. The van der Waals surface area contributed by atoms with Crippen LogP contribution in [0.2, 0.25) is 0 Å². The summed E-state index contributed by atoms with van der Waals surface area (Å²) in [5.74, 6) is -0.209. The second kappa shape index (κ2) is 5.77. The lowest BCUT2D eigenvalue weighted by atomic mass is 10.0. The maximum absolute atomic E-state index is 13.6. The number of halogens is 3. The molecule has 1 aromatic heterocycles. The van der Waals surface area contributed by atoms with Crippen molar-refractivity contribution in [3.8, 4) is 0 Å². The van der Waals surface area contributed by atoms with Crippen LogP contribution in [-0.2, 0) is 6.42 Å². The maximum Gasteiger partial charge on any atom is 0.127 e. The van der Waals surface area contributed by atoms with E-state index in [1.165, 1.54) is 8.95 Å². The summed E-state index contributed by atoms with van der Waals surface area (Å²) >= 11 is 7.15. The van der Waals surface area contributed by atoms with Gasteiger partial charge in [-0.2, -0.15) is 0 Å². The number of benzene rings is 1. The van der Waals surface area contributed by atoms with Crippen LogP contribution < -0.4 is 5.73 Å². The molecule has 0 amide bonds. The molecule has 0 aliphatic heterocycles. The van der Waals surface area contributed by atoms with Crippen LogP contribution in [0.25, 0.3) is 0 Å². The van der Waals surface area contributed by atoms with Gasteiger partial charge >= 0.3 is 0 Å². The van der Waals surface area contributed by atoms with Gasteiger partial charge in [-0.25, -0.2) is 4.39 Å². The highest BCUT2D eigenvalue weighted by Crippen LogP contribution is 2.25. The fourth-order valence-corrected chi connectivity index (χ4v) is 3.33. The zero-order valence-corrected chi connectivity index (χ0v) is 13.4. The van der Waals surface area contributed by atoms with E-state index in [-0.39, 0.29) is 11.9 Å². The minimum atomic E-state index is -0.209. The molecule has 5 heteroatoms. The van der Waals surface area contributed by atoms with Gasteiger partial charge in [0.1, 0.15) is 5.82 Å². The number of hydrogen-bond acceptors (Lipinski definition) is 2. The Hall–Kier alpha value is 0.0200. The van der Waals surface area contributed by atoms with Gasteiger partial charge in [0.25, 0.3) is 0 Å². The van der Waals surface area contributed by atoms with Crippen LogP contribution >= 0.6 is 49.9 Å². The maximum atomic E-state index is 13.6. The van der Waals surface area contributed by atoms with E-state index in [1.807, 2.05) is 17.5 Å². The van der Waals surface area contributed by atoms with E-state index in [2.05, 4.69) is 38.5 Å². The Morgan fingerprint density at radius 1 is 1.41 bits per heavy atom. The third-order valence-corrected chi connectivity index (χ3v) is 4.77. The number of rotatable bonds is 3. The van der Waals surface area contributed by atoms with Gasteiger partial charge in [-0.1, -0.05) is 22.0 Å². The first kappa shape index (κ1) is 13.5. The number of thiophene rings is 1. The van der Waals surface area contributed by atoms with Crippen LogP contribution in [0.3, 0.4) is 0 Å². The molecule has 1 heterocycles. The Balaban J connectivity index is 2.15. The van der Waals surface area contributed by atoms with Gasteiger partial charge in [0, 0.05) is 10.5 Å². The highest BCUT2D eigenvalue weighted by atomic mass is 127. The van der Waals surface area contributed by atoms with Crippen molar-refractivity contribution in [3.63, 3.8) is 0 Å². The quantitative estimate of drug-likeness (QED) is 0.720. The molecule has 0 aliphatic carbocycles. The van der Waals surface area contributed by atoms with Crippen molar-refractivity contribution < 1.29 is 4.39 Å². The molecule has 0 saturated carbocycles. The van der Waals surface area contributed by atoms with Gasteiger partial charge in [-0.3, -0.25) is 0 Å². The van der Waals surface area contributed by atoms with Crippen molar-refractivity contribution >= 4 is 49.9 Å². The molecular weight excluding hydrogens is 416 g/mol. The van der Waals surface area contributed by atoms with Crippen molar-refractivity contribution in [3.05, 3.63) is 53.9 Å². The van der Waals surface area contributed by atoms with Crippen molar-refractivity contribution in [2.24, 2.45) is 5.73 Å². The molecular formula is C12H10BrFINS. The molecule has 17 heavy (non-hydrogen) atoms. The second-order valence-corrected chi connectivity index (χ2v) is 7.45. The van der Waals surface area contributed by atoms with E-state index in [4.69, 9.17) is 5.73 Å². The highest BCUT2D eigenvalue weighted by Gasteiger charge is 2.12. The second-order valence-electron chi connectivity index (χ2n) is 3.73. The molecule has 1 unspecified atom stereocenters. The van der Waals surface area contributed by atoms with Crippen molar-refractivity contribution in [1.82, 2.24) is 0 Å². The van der Waals surface area contributed by atoms with E-state index in [1.54, 1.807) is 17.4 Å². The molecule has 1 aromatic carbocycles. The summed E-state index contributed by atoms with van der Waals surface area (Å²) in [7, 11) is 0. The number of hydrogen-bond donors (Lipinski definition) is 1. The van der Waals surface area contributed by atoms with Crippen molar-refractivity contribution in [1.29, 1.82) is 0 Å². The summed E-state index contributed by atoms with van der Waals surface area (Å²) in [5.41, 5.74) is 7.80. The van der Waals surface area contributed by atoms with Crippen LogP contribution in [0.4, 0.5) is 4.39 Å². The van der Waals surface area contributed by atoms with Gasteiger partial charge in [-0.15, -0.1) is 11.3 Å². The average molecular weight is 426 g/mol. The zero-order valence-electron chi connectivity index (χ0n) is 8.79. The molecule has 2 rings (SSSR count). The first-order chi connectivity index (χ1) is 8.06. The van der Waals surface area contributed by atoms with E-state index in [0.717, 1.165) is 10.0 Å². The SMILES string of the molecule is NC(Cc1ccc(Br)cc1F)c1csc(I)c1. The fourth-order valence-electron chi connectivity index (χ4n) is 1.56. The molecule has 1 atom stereocenters. The van der Waals surface area contributed by atoms with Crippen LogP contribution in [-0.4, -0.2) is 0 Å². The summed E-state index contributed by atoms with van der Waals surface area (Å²) < 4.78 is 15.6. The van der Waals surface area contributed by atoms with Gasteiger partial charge in [0.05, 0.1) is 2.88 Å². The normalized spacial score (nSPS) is 12.7. The average Bonchev–Trinajstić information content (AvgIpc) is 2.69. The van der Waals surface area contributed by atoms with Gasteiger partial charge in [-0.05, 0) is 63.7 Å². The van der Waals surface area contributed by atoms with Crippen LogP contribution in [0, 0.1) is 8.70 Å². The topological polar surface area (TPSA) is 26.0 Å². The lowest BCUT2D eigenvalue weighted by molar-refractivity contribution is 0.593. The summed E-state index contributed by atoms with van der Waals surface area (Å²) in [6.45, 7) is 0. The predicted octanol–water partition coefficient (Wildman–Crippen LogP) is 4.50. The molecule has 0 bridgehead atoms. The Morgan fingerprint density at radius 2 is 2.18 bits per heavy atom. The molecule has 0 radical (unpaired) electrons. The third-order valence-electron chi connectivity index (χ3n) is 2.47. The standard InChI is InChI=1S/C12H10BrFINS/c13-9-2-1-7(10(14)5-9)3-11(16)8-4-12(15)17-6-8/h1-2,4-6,11H,3,16H2. The van der Waals surface area contributed by atoms with Gasteiger partial charge in [0.15, 0.2) is 0 Å². The Morgan fingerprint density at radius 3 is 2.76 bits per heavy atom. The Bertz CT molecular complexity index is 529. The van der Waals surface area contributed by atoms with Crippen LogP contribution in [0.1, 0.15) is 17.2 Å². The molecule has 0 aliphatic rings. The minimum absolute atomic E-state index is 0.148. The first-order valence-electron chi connectivity index (χ1n) is 4.99. The molecule has 0 saturated heterocycles.